The van der Waals surface area contributed by atoms with Gasteiger partial charge in [-0.25, -0.2) is 4.98 Å². The maximum absolute atomic E-state index is 5.67. The van der Waals surface area contributed by atoms with Crippen LogP contribution in [-0.2, 0) is 0 Å². The minimum absolute atomic E-state index is 0.419. The molecule has 13 heavy (non-hydrogen) atoms. The average Bonchev–Trinajstić information content (AvgIpc) is 2.09. The Balaban J connectivity index is 2.66. The first kappa shape index (κ1) is 9.86. The molecule has 0 radical (unpaired) electrons. The largest absolute Gasteiger partial charge is 0.472 e. The van der Waals surface area contributed by atoms with Crippen LogP contribution >= 0.6 is 11.6 Å². The van der Waals surface area contributed by atoms with E-state index in [-0.39, 0.29) is 0 Å². The van der Waals surface area contributed by atoms with E-state index in [9.17, 15) is 0 Å². The lowest BCUT2D eigenvalue weighted by atomic mass is 10.4. The molecule has 0 aromatic carbocycles. The highest BCUT2D eigenvalue weighted by molar-refractivity contribution is 6.30. The predicted octanol–water partition coefficient (Wildman–Crippen LogP) is 2.27. The molecule has 1 aromatic rings. The summed E-state index contributed by atoms with van der Waals surface area (Å²) in [5, 5.41) is 0.510. The van der Waals surface area contributed by atoms with Crippen LogP contribution < -0.4 is 10.5 Å². The number of hydrogen-bond donors (Lipinski definition) is 1. The van der Waals surface area contributed by atoms with E-state index in [0.29, 0.717) is 23.2 Å². The molecule has 1 aromatic heterocycles. The average molecular weight is 199 g/mol. The number of pyridine rings is 1. The highest BCUT2D eigenvalue weighted by Gasteiger charge is 2.00. The van der Waals surface area contributed by atoms with E-state index in [0.717, 1.165) is 0 Å². The first-order valence-electron chi connectivity index (χ1n) is 3.89. The highest BCUT2D eigenvalue weighted by Crippen LogP contribution is 2.21. The number of aromatic nitrogens is 1. The van der Waals surface area contributed by atoms with Crippen LogP contribution in [-0.4, -0.2) is 11.6 Å². The first-order valence-corrected chi connectivity index (χ1v) is 4.27. The second-order valence-electron chi connectivity index (χ2n) is 2.43. The summed E-state index contributed by atoms with van der Waals surface area (Å²) in [5.41, 5.74) is 6.06. The van der Waals surface area contributed by atoms with Crippen LogP contribution in [0.5, 0.6) is 5.88 Å². The van der Waals surface area contributed by atoms with Gasteiger partial charge in [-0.3, -0.25) is 0 Å². The highest BCUT2D eigenvalue weighted by atomic mass is 35.5. The number of rotatable bonds is 3. The van der Waals surface area contributed by atoms with Crippen molar-refractivity contribution in [2.45, 2.75) is 6.92 Å². The molecule has 1 rings (SSSR count). The molecule has 0 amide bonds. The van der Waals surface area contributed by atoms with Crippen LogP contribution in [0.1, 0.15) is 6.92 Å². The first-order chi connectivity index (χ1) is 6.24. The van der Waals surface area contributed by atoms with Crippen molar-refractivity contribution < 1.29 is 4.74 Å². The van der Waals surface area contributed by atoms with Crippen molar-refractivity contribution in [3.8, 4) is 5.88 Å². The molecule has 0 fully saturated rings. The number of nitrogens with two attached hydrogens (primary N) is 1. The fraction of sp³-hybridized carbons (Fsp3) is 0.222. The van der Waals surface area contributed by atoms with Gasteiger partial charge in [-0.1, -0.05) is 23.8 Å². The minimum Gasteiger partial charge on any atom is -0.472 e. The zero-order chi connectivity index (χ0) is 9.68. The van der Waals surface area contributed by atoms with Crippen LogP contribution in [0.15, 0.2) is 24.4 Å². The maximum atomic E-state index is 5.67. The molecule has 0 unspecified atom stereocenters. The van der Waals surface area contributed by atoms with Crippen LogP contribution in [0.25, 0.3) is 0 Å². The van der Waals surface area contributed by atoms with Crippen molar-refractivity contribution in [1.29, 1.82) is 0 Å². The molecule has 1 heterocycles. The summed E-state index contributed by atoms with van der Waals surface area (Å²) in [4.78, 5) is 3.94. The number of nitrogens with zero attached hydrogens (tertiary/aromatic N) is 1. The van der Waals surface area contributed by atoms with Gasteiger partial charge in [-0.2, -0.15) is 0 Å². The molecule has 0 aliphatic heterocycles. The third-order valence-electron chi connectivity index (χ3n) is 1.40. The minimum atomic E-state index is 0.419. The SMILES string of the molecule is C/C=C/COc1ncc(Cl)cc1N. The van der Waals surface area contributed by atoms with Gasteiger partial charge in [0.1, 0.15) is 6.61 Å². The zero-order valence-corrected chi connectivity index (χ0v) is 8.08. The molecule has 0 bridgehead atoms. The molecular weight excluding hydrogens is 188 g/mol. The summed E-state index contributed by atoms with van der Waals surface area (Å²) >= 11 is 5.67. The van der Waals surface area contributed by atoms with Crippen LogP contribution in [0.3, 0.4) is 0 Å². The van der Waals surface area contributed by atoms with Gasteiger partial charge in [0.2, 0.25) is 5.88 Å². The van der Waals surface area contributed by atoms with Crippen molar-refractivity contribution in [2.75, 3.05) is 12.3 Å². The molecular formula is C9H11ClN2O. The summed E-state index contributed by atoms with van der Waals surface area (Å²) in [6.07, 6.45) is 5.27. The Kier molecular flexibility index (Phi) is 3.58. The van der Waals surface area contributed by atoms with E-state index in [1.54, 1.807) is 6.07 Å². The van der Waals surface area contributed by atoms with Crippen molar-refractivity contribution in [3.05, 3.63) is 29.4 Å². The molecule has 70 valence electrons. The van der Waals surface area contributed by atoms with E-state index < -0.39 is 0 Å². The Morgan fingerprint density at radius 3 is 3.08 bits per heavy atom. The number of anilines is 1. The number of nitrogen functional groups attached to an aromatic ring is 1. The van der Waals surface area contributed by atoms with Crippen molar-refractivity contribution >= 4 is 17.3 Å². The molecule has 4 heteroatoms. The van der Waals surface area contributed by atoms with E-state index >= 15 is 0 Å². The smallest absolute Gasteiger partial charge is 0.237 e. The van der Waals surface area contributed by atoms with E-state index in [2.05, 4.69) is 4.98 Å². The lowest BCUT2D eigenvalue weighted by Crippen LogP contribution is -1.99. The Morgan fingerprint density at radius 2 is 2.46 bits per heavy atom. The normalized spacial score (nSPS) is 10.6. The zero-order valence-electron chi connectivity index (χ0n) is 7.33. The Bertz CT molecular complexity index is 312. The quantitative estimate of drug-likeness (QED) is 0.758. The Morgan fingerprint density at radius 1 is 1.69 bits per heavy atom. The molecule has 0 spiro atoms. The maximum Gasteiger partial charge on any atom is 0.237 e. The fourth-order valence-corrected chi connectivity index (χ4v) is 0.953. The van der Waals surface area contributed by atoms with Gasteiger partial charge >= 0.3 is 0 Å². The van der Waals surface area contributed by atoms with Crippen LogP contribution in [0.4, 0.5) is 5.69 Å². The molecule has 0 aliphatic carbocycles. The van der Waals surface area contributed by atoms with E-state index in [1.807, 2.05) is 19.1 Å². The molecule has 0 saturated heterocycles. The second-order valence-corrected chi connectivity index (χ2v) is 2.86. The predicted molar refractivity (Wildman–Crippen MR) is 54.0 cm³/mol. The summed E-state index contributed by atoms with van der Waals surface area (Å²) in [5.74, 6) is 0.419. The topological polar surface area (TPSA) is 48.1 Å². The fourth-order valence-electron chi connectivity index (χ4n) is 0.786. The number of allylic oxidation sites excluding steroid dienone is 1. The molecule has 0 atom stereocenters. The standard InChI is InChI=1S/C9H11ClN2O/c1-2-3-4-13-9-8(11)5-7(10)6-12-9/h2-3,5-6H,4,11H2,1H3/b3-2+. The Labute approximate surface area is 82.2 Å². The van der Waals surface area contributed by atoms with Gasteiger partial charge in [-0.15, -0.1) is 0 Å². The monoisotopic (exact) mass is 198 g/mol. The van der Waals surface area contributed by atoms with Crippen LogP contribution in [0, 0.1) is 0 Å². The van der Waals surface area contributed by atoms with E-state index in [4.69, 9.17) is 22.1 Å². The van der Waals surface area contributed by atoms with Gasteiger partial charge in [0.25, 0.3) is 0 Å². The van der Waals surface area contributed by atoms with E-state index in [1.165, 1.54) is 6.20 Å². The van der Waals surface area contributed by atoms with Crippen molar-refractivity contribution in [3.63, 3.8) is 0 Å². The lowest BCUT2D eigenvalue weighted by molar-refractivity contribution is 0.350. The van der Waals surface area contributed by atoms with Crippen molar-refractivity contribution in [1.82, 2.24) is 4.98 Å². The van der Waals surface area contributed by atoms with Gasteiger partial charge in [0.15, 0.2) is 0 Å². The molecule has 3 nitrogen and oxygen atoms in total. The van der Waals surface area contributed by atoms with Gasteiger partial charge in [0.05, 0.1) is 10.7 Å². The number of hydrogen-bond acceptors (Lipinski definition) is 3. The summed E-state index contributed by atoms with van der Waals surface area (Å²) < 4.78 is 5.25. The van der Waals surface area contributed by atoms with Crippen LogP contribution in [0.2, 0.25) is 5.02 Å². The molecule has 2 N–H and O–H groups in total. The lowest BCUT2D eigenvalue weighted by Gasteiger charge is -2.04. The molecule has 0 aliphatic rings. The third-order valence-corrected chi connectivity index (χ3v) is 1.60. The van der Waals surface area contributed by atoms with Gasteiger partial charge in [-0.05, 0) is 13.0 Å². The number of halogens is 1. The van der Waals surface area contributed by atoms with Gasteiger partial charge < -0.3 is 10.5 Å². The second kappa shape index (κ2) is 4.72. The summed E-state index contributed by atoms with van der Waals surface area (Å²) in [6.45, 7) is 2.39. The summed E-state index contributed by atoms with van der Waals surface area (Å²) in [6, 6.07) is 1.61. The summed E-state index contributed by atoms with van der Waals surface area (Å²) in [7, 11) is 0. The molecule has 0 saturated carbocycles. The third kappa shape index (κ3) is 2.95. The van der Waals surface area contributed by atoms with Crippen molar-refractivity contribution in [2.24, 2.45) is 0 Å². The Hall–Kier alpha value is -1.22. The number of ether oxygens (including phenoxy) is 1. The van der Waals surface area contributed by atoms with Gasteiger partial charge in [0, 0.05) is 6.20 Å².